The maximum Gasteiger partial charge on any atom is 0.326 e. The summed E-state index contributed by atoms with van der Waals surface area (Å²) in [6.07, 6.45) is 5.89. The molecule has 0 saturated heterocycles. The van der Waals surface area contributed by atoms with Crippen LogP contribution in [-0.2, 0) is 0 Å². The molecule has 1 aromatic rings. The van der Waals surface area contributed by atoms with E-state index in [2.05, 4.69) is 24.0 Å². The first-order valence-corrected chi connectivity index (χ1v) is 7.07. The molecule has 2 aliphatic rings. The van der Waals surface area contributed by atoms with Gasteiger partial charge in [0.25, 0.3) is 0 Å². The van der Waals surface area contributed by atoms with Crippen LogP contribution < -0.4 is 5.32 Å². The molecule has 2 amide bonds. The molecule has 0 unspecified atom stereocenters. The van der Waals surface area contributed by atoms with E-state index in [4.69, 9.17) is 0 Å². The van der Waals surface area contributed by atoms with E-state index in [-0.39, 0.29) is 6.03 Å². The lowest BCUT2D eigenvalue weighted by atomic mass is 9.92. The fraction of sp³-hybridized carbons (Fsp3) is 0.438. The molecule has 1 heterocycles. The van der Waals surface area contributed by atoms with Crippen molar-refractivity contribution < 1.29 is 4.79 Å². The van der Waals surface area contributed by atoms with Gasteiger partial charge in [0.2, 0.25) is 0 Å². The van der Waals surface area contributed by atoms with Gasteiger partial charge in [-0.05, 0) is 31.4 Å². The van der Waals surface area contributed by atoms with Crippen LogP contribution in [-0.4, -0.2) is 17.0 Å². The van der Waals surface area contributed by atoms with Crippen LogP contribution in [0.3, 0.4) is 0 Å². The Kier molecular flexibility index (Phi) is 3.05. The van der Waals surface area contributed by atoms with Crippen LogP contribution in [0.5, 0.6) is 0 Å². The summed E-state index contributed by atoms with van der Waals surface area (Å²) in [5, 5.41) is 3.00. The number of aryl methyl sites for hydroxylation is 1. The average Bonchev–Trinajstić information content (AvgIpc) is 2.39. The molecule has 1 aromatic carbocycles. The Labute approximate surface area is 114 Å². The van der Waals surface area contributed by atoms with Crippen molar-refractivity contribution in [2.75, 3.05) is 5.32 Å². The van der Waals surface area contributed by atoms with Gasteiger partial charge < -0.3 is 5.32 Å². The zero-order valence-corrected chi connectivity index (χ0v) is 11.4. The summed E-state index contributed by atoms with van der Waals surface area (Å²) < 4.78 is 0. The van der Waals surface area contributed by atoms with Crippen molar-refractivity contribution in [3.05, 3.63) is 35.9 Å². The molecule has 19 heavy (non-hydrogen) atoms. The number of hydrogen-bond donors (Lipinski definition) is 1. The van der Waals surface area contributed by atoms with E-state index in [0.717, 1.165) is 35.4 Å². The normalized spacial score (nSPS) is 20.2. The molecular weight excluding hydrogens is 236 g/mol. The summed E-state index contributed by atoms with van der Waals surface area (Å²) in [7, 11) is 0. The molecule has 1 fully saturated rings. The fourth-order valence-corrected chi connectivity index (χ4v) is 3.17. The minimum Gasteiger partial charge on any atom is -0.307 e. The first-order chi connectivity index (χ1) is 9.16. The van der Waals surface area contributed by atoms with Crippen molar-refractivity contribution in [2.45, 2.75) is 45.1 Å². The van der Waals surface area contributed by atoms with Gasteiger partial charge in [-0.25, -0.2) is 4.79 Å². The second kappa shape index (κ2) is 4.72. The summed E-state index contributed by atoms with van der Waals surface area (Å²) in [6.45, 7) is 6.19. The van der Waals surface area contributed by atoms with E-state index in [0.29, 0.717) is 6.04 Å². The molecule has 0 atom stereocenters. The highest BCUT2D eigenvalue weighted by atomic mass is 16.2. The standard InChI is InChI=1S/C16H20N2O/c1-11-8-9-14-12(2)18(13-6-4-3-5-7-13)16(19)17-15(14)10-11/h8-10,13H,2-7H2,1H3,(H,17,19). The van der Waals surface area contributed by atoms with Gasteiger partial charge in [0, 0.05) is 17.3 Å². The Morgan fingerprint density at radius 2 is 2.00 bits per heavy atom. The molecule has 1 aliphatic carbocycles. The number of rotatable bonds is 1. The summed E-state index contributed by atoms with van der Waals surface area (Å²) in [5.41, 5.74) is 3.95. The van der Waals surface area contributed by atoms with Gasteiger partial charge in [0.05, 0.1) is 5.69 Å². The van der Waals surface area contributed by atoms with E-state index in [1.165, 1.54) is 19.3 Å². The SMILES string of the molecule is C=C1c2ccc(C)cc2NC(=O)N1C1CCCCC1. The molecule has 3 nitrogen and oxygen atoms in total. The smallest absolute Gasteiger partial charge is 0.307 e. The number of amides is 2. The molecule has 1 saturated carbocycles. The van der Waals surface area contributed by atoms with Crippen LogP contribution in [0.25, 0.3) is 5.70 Å². The van der Waals surface area contributed by atoms with Gasteiger partial charge in [-0.15, -0.1) is 0 Å². The van der Waals surface area contributed by atoms with Gasteiger partial charge in [-0.3, -0.25) is 4.90 Å². The summed E-state index contributed by atoms with van der Waals surface area (Å²) in [4.78, 5) is 14.2. The molecule has 1 N–H and O–H groups in total. The van der Waals surface area contributed by atoms with Crippen molar-refractivity contribution in [1.82, 2.24) is 4.90 Å². The third-order valence-electron chi connectivity index (χ3n) is 4.18. The largest absolute Gasteiger partial charge is 0.326 e. The first kappa shape index (κ1) is 12.3. The molecule has 1 aliphatic heterocycles. The van der Waals surface area contributed by atoms with Crippen molar-refractivity contribution in [3.63, 3.8) is 0 Å². The van der Waals surface area contributed by atoms with Crippen LogP contribution in [0.15, 0.2) is 24.8 Å². The number of urea groups is 1. The van der Waals surface area contributed by atoms with Gasteiger partial charge >= 0.3 is 6.03 Å². The minimum absolute atomic E-state index is 0.0185. The molecular formula is C16H20N2O. The second-order valence-corrected chi connectivity index (χ2v) is 5.59. The summed E-state index contributed by atoms with van der Waals surface area (Å²) >= 11 is 0. The van der Waals surface area contributed by atoms with Gasteiger partial charge in [-0.2, -0.15) is 0 Å². The zero-order chi connectivity index (χ0) is 13.4. The zero-order valence-electron chi connectivity index (χ0n) is 11.4. The molecule has 3 heteroatoms. The van der Waals surface area contributed by atoms with E-state index >= 15 is 0 Å². The summed E-state index contributed by atoms with van der Waals surface area (Å²) in [5.74, 6) is 0. The van der Waals surface area contributed by atoms with Gasteiger partial charge in [0.15, 0.2) is 0 Å². The van der Waals surface area contributed by atoms with Crippen molar-refractivity contribution in [2.24, 2.45) is 0 Å². The monoisotopic (exact) mass is 256 g/mol. The number of anilines is 1. The Balaban J connectivity index is 1.93. The van der Waals surface area contributed by atoms with Crippen molar-refractivity contribution in [3.8, 4) is 0 Å². The third kappa shape index (κ3) is 2.14. The predicted molar refractivity (Wildman–Crippen MR) is 77.9 cm³/mol. The van der Waals surface area contributed by atoms with Crippen LogP contribution in [0.4, 0.5) is 10.5 Å². The maximum atomic E-state index is 12.3. The number of carbonyl (C=O) groups excluding carboxylic acids is 1. The number of nitrogens with one attached hydrogen (secondary N) is 1. The molecule has 3 rings (SSSR count). The molecule has 100 valence electrons. The predicted octanol–water partition coefficient (Wildman–Crippen LogP) is 4.15. The number of hydrogen-bond acceptors (Lipinski definition) is 1. The van der Waals surface area contributed by atoms with Crippen LogP contribution in [0.2, 0.25) is 0 Å². The van der Waals surface area contributed by atoms with Crippen molar-refractivity contribution >= 4 is 17.4 Å². The maximum absolute atomic E-state index is 12.3. The number of nitrogens with zero attached hydrogens (tertiary/aromatic N) is 1. The Hall–Kier alpha value is -1.77. The number of benzene rings is 1. The number of fused-ring (bicyclic) bond motifs is 1. The minimum atomic E-state index is -0.0185. The van der Waals surface area contributed by atoms with E-state index in [1.807, 2.05) is 17.9 Å². The van der Waals surface area contributed by atoms with Crippen LogP contribution >= 0.6 is 0 Å². The highest BCUT2D eigenvalue weighted by molar-refractivity contribution is 6.02. The average molecular weight is 256 g/mol. The molecule has 0 bridgehead atoms. The molecule has 0 spiro atoms. The van der Waals surface area contributed by atoms with Crippen LogP contribution in [0, 0.1) is 6.92 Å². The quantitative estimate of drug-likeness (QED) is 0.804. The topological polar surface area (TPSA) is 32.3 Å². The van der Waals surface area contributed by atoms with Gasteiger partial charge in [-0.1, -0.05) is 38.0 Å². The Morgan fingerprint density at radius 3 is 2.74 bits per heavy atom. The highest BCUT2D eigenvalue weighted by Crippen LogP contribution is 2.36. The lowest BCUT2D eigenvalue weighted by molar-refractivity contribution is 0.202. The first-order valence-electron chi connectivity index (χ1n) is 7.07. The number of carbonyl (C=O) groups is 1. The second-order valence-electron chi connectivity index (χ2n) is 5.59. The van der Waals surface area contributed by atoms with Crippen molar-refractivity contribution in [1.29, 1.82) is 0 Å². The van der Waals surface area contributed by atoms with E-state index < -0.39 is 0 Å². The molecule has 0 aromatic heterocycles. The Bertz CT molecular complexity index is 530. The highest BCUT2D eigenvalue weighted by Gasteiger charge is 2.32. The third-order valence-corrected chi connectivity index (χ3v) is 4.18. The molecule has 0 radical (unpaired) electrons. The van der Waals surface area contributed by atoms with Gasteiger partial charge in [0.1, 0.15) is 0 Å². The van der Waals surface area contributed by atoms with Crippen LogP contribution in [0.1, 0.15) is 43.2 Å². The summed E-state index contributed by atoms with van der Waals surface area (Å²) in [6, 6.07) is 6.44. The Morgan fingerprint density at radius 1 is 1.26 bits per heavy atom. The van der Waals surface area contributed by atoms with E-state index in [1.54, 1.807) is 0 Å². The van der Waals surface area contributed by atoms with E-state index in [9.17, 15) is 4.79 Å². The fourth-order valence-electron chi connectivity index (χ4n) is 3.17. The lowest BCUT2D eigenvalue weighted by Gasteiger charge is -2.39. The lowest BCUT2D eigenvalue weighted by Crippen LogP contribution is -2.44.